The van der Waals surface area contributed by atoms with Crippen LogP contribution >= 0.6 is 0 Å². The third-order valence-electron chi connectivity index (χ3n) is 3.77. The van der Waals surface area contributed by atoms with Crippen molar-refractivity contribution >= 4 is 17.3 Å². The Hall–Kier alpha value is -3.22. The summed E-state index contributed by atoms with van der Waals surface area (Å²) in [7, 11) is 3.16. The van der Waals surface area contributed by atoms with Crippen LogP contribution in [0.5, 0.6) is 17.2 Å². The Balaban J connectivity index is 1.91. The second-order valence-electron chi connectivity index (χ2n) is 5.61. The Morgan fingerprint density at radius 2 is 1.74 bits per heavy atom. The maximum atomic E-state index is 12.0. The van der Waals surface area contributed by atoms with E-state index in [0.717, 1.165) is 17.0 Å². The van der Waals surface area contributed by atoms with Crippen molar-refractivity contribution in [1.29, 1.82) is 0 Å². The molecule has 0 atom stereocenters. The van der Waals surface area contributed by atoms with Gasteiger partial charge in [0.15, 0.2) is 0 Å². The number of hydrogen-bond acceptors (Lipinski definition) is 6. The van der Waals surface area contributed by atoms with Gasteiger partial charge in [-0.15, -0.1) is 0 Å². The highest BCUT2D eigenvalue weighted by molar-refractivity contribution is 6.01. The zero-order valence-electron chi connectivity index (χ0n) is 16.0. The molecule has 0 saturated carbocycles. The van der Waals surface area contributed by atoms with Gasteiger partial charge in [-0.25, -0.2) is 5.43 Å². The van der Waals surface area contributed by atoms with E-state index in [9.17, 15) is 4.79 Å². The summed E-state index contributed by atoms with van der Waals surface area (Å²) in [4.78, 5) is 12.0. The van der Waals surface area contributed by atoms with E-state index in [1.807, 2.05) is 43.3 Å². The van der Waals surface area contributed by atoms with Crippen LogP contribution in [0.15, 0.2) is 47.6 Å². The molecule has 0 radical (unpaired) electrons. The van der Waals surface area contributed by atoms with Crippen LogP contribution in [0.4, 0.5) is 5.69 Å². The SMILES string of the molecule is CCOc1ccc(NCC(=O)N/N=C(/C)c2ccc(OC)cc2OC)cc1. The highest BCUT2D eigenvalue weighted by atomic mass is 16.5. The predicted octanol–water partition coefficient (Wildman–Crippen LogP) is 3.05. The van der Waals surface area contributed by atoms with Gasteiger partial charge in [0, 0.05) is 17.3 Å². The van der Waals surface area contributed by atoms with Gasteiger partial charge in [0.25, 0.3) is 5.91 Å². The number of benzene rings is 2. The van der Waals surface area contributed by atoms with E-state index in [1.165, 1.54) is 0 Å². The molecule has 0 aliphatic carbocycles. The van der Waals surface area contributed by atoms with Crippen molar-refractivity contribution in [2.75, 3.05) is 32.7 Å². The molecule has 0 saturated heterocycles. The van der Waals surface area contributed by atoms with Crippen molar-refractivity contribution in [2.24, 2.45) is 5.10 Å². The molecule has 7 nitrogen and oxygen atoms in total. The molecular formula is C20H25N3O4. The standard InChI is InChI=1S/C20H25N3O4/c1-5-27-16-8-6-15(7-9-16)21-13-20(24)23-22-14(2)18-11-10-17(25-3)12-19(18)26-4/h6-12,21H,5,13H2,1-4H3,(H,23,24)/b22-14-. The van der Waals surface area contributed by atoms with Crippen molar-refractivity contribution in [3.63, 3.8) is 0 Å². The molecule has 0 aromatic heterocycles. The minimum atomic E-state index is -0.254. The number of hydrazone groups is 1. The van der Waals surface area contributed by atoms with Crippen LogP contribution in [0.1, 0.15) is 19.4 Å². The second kappa shape index (κ2) is 10.1. The topological polar surface area (TPSA) is 81.2 Å². The summed E-state index contributed by atoms with van der Waals surface area (Å²) >= 11 is 0. The third-order valence-corrected chi connectivity index (χ3v) is 3.77. The van der Waals surface area contributed by atoms with Gasteiger partial charge in [0.05, 0.1) is 33.1 Å². The smallest absolute Gasteiger partial charge is 0.259 e. The molecule has 144 valence electrons. The summed E-state index contributed by atoms with van der Waals surface area (Å²) in [6, 6.07) is 12.8. The quantitative estimate of drug-likeness (QED) is 0.523. The van der Waals surface area contributed by atoms with Crippen molar-refractivity contribution in [3.05, 3.63) is 48.0 Å². The van der Waals surface area contributed by atoms with Gasteiger partial charge in [-0.3, -0.25) is 4.79 Å². The lowest BCUT2D eigenvalue weighted by Gasteiger charge is -2.10. The van der Waals surface area contributed by atoms with E-state index < -0.39 is 0 Å². The van der Waals surface area contributed by atoms with E-state index in [1.54, 1.807) is 27.2 Å². The van der Waals surface area contributed by atoms with E-state index >= 15 is 0 Å². The predicted molar refractivity (Wildman–Crippen MR) is 106 cm³/mol. The first-order valence-electron chi connectivity index (χ1n) is 8.59. The largest absolute Gasteiger partial charge is 0.497 e. The molecule has 27 heavy (non-hydrogen) atoms. The molecule has 2 rings (SSSR count). The van der Waals surface area contributed by atoms with Crippen molar-refractivity contribution < 1.29 is 19.0 Å². The number of methoxy groups -OCH3 is 2. The Morgan fingerprint density at radius 3 is 2.37 bits per heavy atom. The van der Waals surface area contributed by atoms with Gasteiger partial charge in [0.2, 0.25) is 0 Å². The molecule has 2 aromatic carbocycles. The summed E-state index contributed by atoms with van der Waals surface area (Å²) < 4.78 is 15.9. The maximum Gasteiger partial charge on any atom is 0.259 e. The summed E-state index contributed by atoms with van der Waals surface area (Å²) in [5, 5.41) is 7.18. The average molecular weight is 371 g/mol. The van der Waals surface area contributed by atoms with Gasteiger partial charge in [-0.1, -0.05) is 0 Å². The van der Waals surface area contributed by atoms with E-state index in [0.29, 0.717) is 23.8 Å². The first-order valence-corrected chi connectivity index (χ1v) is 8.59. The number of ether oxygens (including phenoxy) is 3. The minimum Gasteiger partial charge on any atom is -0.497 e. The van der Waals surface area contributed by atoms with Crippen LogP contribution in [-0.4, -0.2) is 39.0 Å². The number of anilines is 1. The minimum absolute atomic E-state index is 0.102. The highest BCUT2D eigenvalue weighted by Gasteiger charge is 2.09. The Labute approximate surface area is 159 Å². The van der Waals surface area contributed by atoms with Crippen LogP contribution in [0.2, 0.25) is 0 Å². The molecule has 0 bridgehead atoms. The number of amides is 1. The average Bonchev–Trinajstić information content (AvgIpc) is 2.71. The van der Waals surface area contributed by atoms with Crippen LogP contribution in [0.25, 0.3) is 0 Å². The monoisotopic (exact) mass is 371 g/mol. The molecule has 2 aromatic rings. The zero-order chi connectivity index (χ0) is 19.6. The summed E-state index contributed by atoms with van der Waals surface area (Å²) in [6.45, 7) is 4.45. The molecule has 7 heteroatoms. The van der Waals surface area contributed by atoms with E-state index in [-0.39, 0.29) is 12.5 Å². The Bertz CT molecular complexity index is 788. The number of carbonyl (C=O) groups excluding carboxylic acids is 1. The van der Waals surface area contributed by atoms with Crippen molar-refractivity contribution in [2.45, 2.75) is 13.8 Å². The number of nitrogens with one attached hydrogen (secondary N) is 2. The molecule has 2 N–H and O–H groups in total. The van der Waals surface area contributed by atoms with Gasteiger partial charge < -0.3 is 19.5 Å². The lowest BCUT2D eigenvalue weighted by Crippen LogP contribution is -2.26. The van der Waals surface area contributed by atoms with Gasteiger partial charge in [-0.05, 0) is 50.2 Å². The fourth-order valence-electron chi connectivity index (χ4n) is 2.36. The Morgan fingerprint density at radius 1 is 1.04 bits per heavy atom. The summed E-state index contributed by atoms with van der Waals surface area (Å²) in [5.41, 5.74) is 4.77. The molecule has 0 fully saturated rings. The highest BCUT2D eigenvalue weighted by Crippen LogP contribution is 2.25. The van der Waals surface area contributed by atoms with Crippen molar-refractivity contribution in [1.82, 2.24) is 5.43 Å². The normalized spacial score (nSPS) is 10.9. The molecular weight excluding hydrogens is 346 g/mol. The fourth-order valence-corrected chi connectivity index (χ4v) is 2.36. The molecule has 0 heterocycles. The van der Waals surface area contributed by atoms with E-state index in [4.69, 9.17) is 14.2 Å². The first-order chi connectivity index (χ1) is 13.1. The third kappa shape index (κ3) is 5.91. The lowest BCUT2D eigenvalue weighted by molar-refractivity contribution is -0.119. The van der Waals surface area contributed by atoms with E-state index in [2.05, 4.69) is 15.8 Å². The van der Waals surface area contributed by atoms with Gasteiger partial charge in [-0.2, -0.15) is 5.10 Å². The molecule has 1 amide bonds. The van der Waals surface area contributed by atoms with Crippen LogP contribution in [0.3, 0.4) is 0 Å². The van der Waals surface area contributed by atoms with Gasteiger partial charge >= 0.3 is 0 Å². The van der Waals surface area contributed by atoms with Gasteiger partial charge in [0.1, 0.15) is 17.2 Å². The van der Waals surface area contributed by atoms with Crippen molar-refractivity contribution in [3.8, 4) is 17.2 Å². The zero-order valence-corrected chi connectivity index (χ0v) is 16.0. The second-order valence-corrected chi connectivity index (χ2v) is 5.61. The number of nitrogens with zero attached hydrogens (tertiary/aromatic N) is 1. The molecule has 0 unspecified atom stereocenters. The lowest BCUT2D eigenvalue weighted by atomic mass is 10.1. The maximum absolute atomic E-state index is 12.0. The Kier molecular flexibility index (Phi) is 7.49. The molecule has 0 spiro atoms. The molecule has 0 aliphatic rings. The number of carbonyl (C=O) groups is 1. The number of rotatable bonds is 9. The summed E-state index contributed by atoms with van der Waals surface area (Å²) in [5.74, 6) is 1.85. The molecule has 0 aliphatic heterocycles. The van der Waals surface area contributed by atoms with Crippen LogP contribution < -0.4 is 25.0 Å². The fraction of sp³-hybridized carbons (Fsp3) is 0.300. The number of hydrogen-bond donors (Lipinski definition) is 2. The van der Waals surface area contributed by atoms with Crippen LogP contribution in [0, 0.1) is 0 Å². The van der Waals surface area contributed by atoms with Crippen LogP contribution in [-0.2, 0) is 4.79 Å². The summed E-state index contributed by atoms with van der Waals surface area (Å²) in [6.07, 6.45) is 0. The first kappa shape index (κ1) is 20.1.